The molecule has 0 aliphatic rings. The molecular weight excluding hydrogens is 372 g/mol. The van der Waals surface area contributed by atoms with E-state index in [1.165, 1.54) is 0 Å². The summed E-state index contributed by atoms with van der Waals surface area (Å²) in [7, 11) is 0. The molecule has 0 spiro atoms. The number of pyridine rings is 1. The summed E-state index contributed by atoms with van der Waals surface area (Å²) in [4.78, 5) is 16.0. The first-order valence-electron chi connectivity index (χ1n) is 5.74. The zero-order valence-corrected chi connectivity index (χ0v) is 13.2. The van der Waals surface area contributed by atoms with Crippen LogP contribution in [-0.4, -0.2) is 17.4 Å². The first kappa shape index (κ1) is 14.2. The van der Waals surface area contributed by atoms with Gasteiger partial charge in [-0.2, -0.15) is 0 Å². The molecule has 0 fully saturated rings. The molecule has 2 aromatic rings. The summed E-state index contributed by atoms with van der Waals surface area (Å²) in [6, 6.07) is 11.7. The number of benzene rings is 1. The molecule has 0 radical (unpaired) electrons. The van der Waals surface area contributed by atoms with Gasteiger partial charge < -0.3 is 5.32 Å². The zero-order chi connectivity index (χ0) is 13.7. The molecule has 1 aromatic carbocycles. The fraction of sp³-hybridized carbons (Fsp3) is 0.143. The van der Waals surface area contributed by atoms with Gasteiger partial charge in [0.25, 0.3) is 5.91 Å². The van der Waals surface area contributed by atoms with Gasteiger partial charge in [0.15, 0.2) is 0 Å². The molecule has 98 valence electrons. The summed E-state index contributed by atoms with van der Waals surface area (Å²) in [5.41, 5.74) is 1.68. The van der Waals surface area contributed by atoms with Crippen LogP contribution >= 0.6 is 31.9 Å². The van der Waals surface area contributed by atoms with Crippen LogP contribution in [0.25, 0.3) is 0 Å². The van der Waals surface area contributed by atoms with E-state index in [2.05, 4.69) is 42.2 Å². The Labute approximate surface area is 128 Å². The number of carbonyl (C=O) groups excluding carboxylic acids is 1. The lowest BCUT2D eigenvalue weighted by atomic mass is 10.1. The lowest BCUT2D eigenvalue weighted by Gasteiger charge is -2.11. The predicted octanol–water partition coefficient (Wildman–Crippen LogP) is 3.71. The monoisotopic (exact) mass is 382 g/mol. The topological polar surface area (TPSA) is 42.0 Å². The van der Waals surface area contributed by atoms with Crippen molar-refractivity contribution in [3.05, 3.63) is 64.4 Å². The number of rotatable bonds is 4. The molecule has 5 heteroatoms. The molecule has 1 N–H and O–H groups in total. The van der Waals surface area contributed by atoms with Gasteiger partial charge in [0.05, 0.1) is 10.4 Å². The Morgan fingerprint density at radius 1 is 1.26 bits per heavy atom. The molecule has 0 saturated carbocycles. The molecule has 0 aliphatic heterocycles. The number of amides is 1. The Bertz CT molecular complexity index is 560. The normalized spacial score (nSPS) is 11.9. The second-order valence-corrected chi connectivity index (χ2v) is 6.00. The first-order valence-corrected chi connectivity index (χ1v) is 7.45. The third kappa shape index (κ3) is 4.14. The lowest BCUT2D eigenvalue weighted by molar-refractivity contribution is 0.0953. The highest BCUT2D eigenvalue weighted by Gasteiger charge is 2.10. The number of nitrogens with one attached hydrogen (secondary N) is 1. The number of alkyl halides is 1. The van der Waals surface area contributed by atoms with E-state index in [-0.39, 0.29) is 10.7 Å². The number of nitrogens with zero attached hydrogens (tertiary/aromatic N) is 1. The number of aromatic nitrogens is 1. The van der Waals surface area contributed by atoms with Crippen molar-refractivity contribution in [3.63, 3.8) is 0 Å². The summed E-state index contributed by atoms with van der Waals surface area (Å²) in [5.74, 6) is -0.130. The van der Waals surface area contributed by atoms with Crippen LogP contribution in [0, 0.1) is 0 Å². The van der Waals surface area contributed by atoms with Crippen molar-refractivity contribution in [1.82, 2.24) is 10.3 Å². The largest absolute Gasteiger partial charge is 0.351 e. The van der Waals surface area contributed by atoms with Crippen molar-refractivity contribution in [2.24, 2.45) is 0 Å². The molecule has 1 aromatic heterocycles. The van der Waals surface area contributed by atoms with Crippen LogP contribution in [0.3, 0.4) is 0 Å². The summed E-state index contributed by atoms with van der Waals surface area (Å²) in [6.45, 7) is 0.523. The van der Waals surface area contributed by atoms with Crippen molar-refractivity contribution in [1.29, 1.82) is 0 Å². The smallest absolute Gasteiger partial charge is 0.252 e. The quantitative estimate of drug-likeness (QED) is 0.817. The summed E-state index contributed by atoms with van der Waals surface area (Å²) < 4.78 is 0.790. The molecule has 0 saturated heterocycles. The molecular formula is C14H12Br2N2O. The van der Waals surface area contributed by atoms with Crippen LogP contribution in [0.5, 0.6) is 0 Å². The molecule has 1 heterocycles. The average molecular weight is 384 g/mol. The number of halogens is 2. The van der Waals surface area contributed by atoms with Crippen LogP contribution in [0.15, 0.2) is 53.3 Å². The van der Waals surface area contributed by atoms with Crippen molar-refractivity contribution >= 4 is 37.8 Å². The minimum absolute atomic E-state index is 0.0952. The highest BCUT2D eigenvalue weighted by Crippen LogP contribution is 2.21. The molecule has 3 nitrogen and oxygen atoms in total. The Balaban J connectivity index is 1.94. The van der Waals surface area contributed by atoms with Gasteiger partial charge in [-0.05, 0) is 27.6 Å². The Morgan fingerprint density at radius 2 is 2.00 bits per heavy atom. The van der Waals surface area contributed by atoms with Gasteiger partial charge in [-0.1, -0.05) is 46.3 Å². The molecule has 0 bridgehead atoms. The van der Waals surface area contributed by atoms with Crippen molar-refractivity contribution in [3.8, 4) is 0 Å². The van der Waals surface area contributed by atoms with Gasteiger partial charge in [0, 0.05) is 23.4 Å². The molecule has 19 heavy (non-hydrogen) atoms. The van der Waals surface area contributed by atoms with E-state index >= 15 is 0 Å². The molecule has 2 rings (SSSR count). The summed E-state index contributed by atoms with van der Waals surface area (Å²) in [6.07, 6.45) is 3.19. The Kier molecular flexibility index (Phi) is 5.10. The zero-order valence-electron chi connectivity index (χ0n) is 10.0. The minimum Gasteiger partial charge on any atom is -0.351 e. The van der Waals surface area contributed by atoms with Crippen molar-refractivity contribution in [2.45, 2.75) is 4.83 Å². The second-order valence-electron chi connectivity index (χ2n) is 3.98. The second kappa shape index (κ2) is 6.82. The van der Waals surface area contributed by atoms with E-state index in [4.69, 9.17) is 0 Å². The van der Waals surface area contributed by atoms with Gasteiger partial charge >= 0.3 is 0 Å². The molecule has 1 unspecified atom stereocenters. The van der Waals surface area contributed by atoms with Crippen LogP contribution < -0.4 is 5.32 Å². The maximum absolute atomic E-state index is 11.9. The van der Waals surface area contributed by atoms with E-state index in [9.17, 15) is 4.79 Å². The Morgan fingerprint density at radius 3 is 2.68 bits per heavy atom. The maximum Gasteiger partial charge on any atom is 0.252 e. The lowest BCUT2D eigenvalue weighted by Crippen LogP contribution is -2.26. The van der Waals surface area contributed by atoms with Gasteiger partial charge in [-0.25, -0.2) is 0 Å². The van der Waals surface area contributed by atoms with Crippen molar-refractivity contribution in [2.75, 3.05) is 6.54 Å². The standard InChI is InChI=1S/C14H12Br2N2O/c15-12-6-11(7-17-8-12)14(19)18-9-13(16)10-4-2-1-3-5-10/h1-8,13H,9H2,(H,18,19). The van der Waals surface area contributed by atoms with E-state index < -0.39 is 0 Å². The van der Waals surface area contributed by atoms with E-state index in [1.807, 2.05) is 30.3 Å². The predicted molar refractivity (Wildman–Crippen MR) is 82.4 cm³/mol. The fourth-order valence-electron chi connectivity index (χ4n) is 1.60. The highest BCUT2D eigenvalue weighted by atomic mass is 79.9. The van der Waals surface area contributed by atoms with Gasteiger partial charge in [0.2, 0.25) is 0 Å². The first-order chi connectivity index (χ1) is 9.16. The third-order valence-electron chi connectivity index (χ3n) is 2.57. The molecule has 1 atom stereocenters. The summed E-state index contributed by atoms with van der Waals surface area (Å²) in [5, 5.41) is 2.88. The van der Waals surface area contributed by atoms with E-state index in [1.54, 1.807) is 18.5 Å². The Hall–Kier alpha value is -1.20. The highest BCUT2D eigenvalue weighted by molar-refractivity contribution is 9.10. The summed E-state index contributed by atoms with van der Waals surface area (Å²) >= 11 is 6.86. The number of hydrogen-bond acceptors (Lipinski definition) is 2. The minimum atomic E-state index is -0.130. The molecule has 1 amide bonds. The molecule has 0 aliphatic carbocycles. The maximum atomic E-state index is 11.9. The van der Waals surface area contributed by atoms with Gasteiger partial charge in [-0.15, -0.1) is 0 Å². The van der Waals surface area contributed by atoms with E-state index in [0.717, 1.165) is 10.0 Å². The van der Waals surface area contributed by atoms with Gasteiger partial charge in [-0.3, -0.25) is 9.78 Å². The van der Waals surface area contributed by atoms with Crippen LogP contribution in [0.2, 0.25) is 0 Å². The van der Waals surface area contributed by atoms with Crippen molar-refractivity contribution < 1.29 is 4.79 Å². The van der Waals surface area contributed by atoms with E-state index in [0.29, 0.717) is 12.1 Å². The van der Waals surface area contributed by atoms with Crippen LogP contribution in [0.1, 0.15) is 20.7 Å². The third-order valence-corrected chi connectivity index (χ3v) is 3.86. The van der Waals surface area contributed by atoms with Crippen LogP contribution in [-0.2, 0) is 0 Å². The van der Waals surface area contributed by atoms with Crippen LogP contribution in [0.4, 0.5) is 0 Å². The number of hydrogen-bond donors (Lipinski definition) is 1. The average Bonchev–Trinajstić information content (AvgIpc) is 2.45. The SMILES string of the molecule is O=C(NCC(Br)c1ccccc1)c1cncc(Br)c1. The van der Waals surface area contributed by atoms with Gasteiger partial charge in [0.1, 0.15) is 0 Å². The fourth-order valence-corrected chi connectivity index (χ4v) is 2.43. The number of carbonyl (C=O) groups is 1.